The van der Waals surface area contributed by atoms with Crippen LogP contribution in [0, 0.1) is 17.2 Å². The molecule has 1 aromatic carbocycles. The van der Waals surface area contributed by atoms with Crippen molar-refractivity contribution in [1.82, 2.24) is 5.32 Å². The average Bonchev–Trinajstić information content (AvgIpc) is 3.19. The molecule has 0 aliphatic heterocycles. The van der Waals surface area contributed by atoms with E-state index in [1.54, 1.807) is 0 Å². The van der Waals surface area contributed by atoms with Crippen LogP contribution in [0.3, 0.4) is 0 Å². The molecule has 0 unspecified atom stereocenters. The zero-order chi connectivity index (χ0) is 14.8. The predicted octanol–water partition coefficient (Wildman–Crippen LogP) is 3.29. The molecule has 1 aromatic rings. The molecule has 1 N–H and O–H groups in total. The quantitative estimate of drug-likeness (QED) is 0.893. The SMILES string of the molecule is CN(CC1CC1)c1ccc(CNC(C)(C)C)cc1C#N. The Hall–Kier alpha value is -1.53. The van der Waals surface area contributed by atoms with Crippen molar-refractivity contribution in [2.75, 3.05) is 18.5 Å². The highest BCUT2D eigenvalue weighted by molar-refractivity contribution is 5.60. The maximum Gasteiger partial charge on any atom is 0.101 e. The second kappa shape index (κ2) is 5.85. The Balaban J connectivity index is 2.09. The van der Waals surface area contributed by atoms with Crippen molar-refractivity contribution < 1.29 is 0 Å². The molecule has 0 heterocycles. The molecule has 108 valence electrons. The van der Waals surface area contributed by atoms with Crippen molar-refractivity contribution in [3.05, 3.63) is 29.3 Å². The van der Waals surface area contributed by atoms with Gasteiger partial charge in [0.25, 0.3) is 0 Å². The summed E-state index contributed by atoms with van der Waals surface area (Å²) in [5, 5.41) is 12.8. The van der Waals surface area contributed by atoms with E-state index in [1.165, 1.54) is 18.4 Å². The first-order valence-electron chi connectivity index (χ1n) is 7.38. The van der Waals surface area contributed by atoms with Crippen molar-refractivity contribution in [3.63, 3.8) is 0 Å². The first kappa shape index (κ1) is 14.9. The average molecular weight is 271 g/mol. The number of rotatable bonds is 5. The monoisotopic (exact) mass is 271 g/mol. The van der Waals surface area contributed by atoms with Crippen LogP contribution in [-0.2, 0) is 6.54 Å². The van der Waals surface area contributed by atoms with Gasteiger partial charge in [-0.05, 0) is 57.2 Å². The van der Waals surface area contributed by atoms with Gasteiger partial charge in [0.15, 0.2) is 0 Å². The van der Waals surface area contributed by atoms with E-state index in [9.17, 15) is 5.26 Å². The molecular formula is C17H25N3. The summed E-state index contributed by atoms with van der Waals surface area (Å²) in [6, 6.07) is 8.56. The first-order chi connectivity index (χ1) is 9.39. The third-order valence-corrected chi connectivity index (χ3v) is 3.64. The molecule has 0 amide bonds. The summed E-state index contributed by atoms with van der Waals surface area (Å²) in [5.41, 5.74) is 3.09. The van der Waals surface area contributed by atoms with Gasteiger partial charge in [0.1, 0.15) is 6.07 Å². The Labute approximate surface area is 122 Å². The third-order valence-electron chi connectivity index (χ3n) is 3.64. The molecule has 1 aliphatic carbocycles. The van der Waals surface area contributed by atoms with Crippen LogP contribution in [0.15, 0.2) is 18.2 Å². The number of anilines is 1. The molecule has 3 heteroatoms. The molecule has 0 spiro atoms. The molecule has 1 saturated carbocycles. The Morgan fingerprint density at radius 3 is 2.60 bits per heavy atom. The van der Waals surface area contributed by atoms with Gasteiger partial charge in [-0.3, -0.25) is 0 Å². The molecule has 0 saturated heterocycles. The molecule has 0 atom stereocenters. The first-order valence-corrected chi connectivity index (χ1v) is 7.38. The minimum Gasteiger partial charge on any atom is -0.373 e. The van der Waals surface area contributed by atoms with Crippen LogP contribution in [0.25, 0.3) is 0 Å². The standard InChI is InChI=1S/C17H25N3/c1-17(2,3)19-11-14-7-8-16(15(9-14)10-18)20(4)12-13-5-6-13/h7-9,13,19H,5-6,11-12H2,1-4H3. The van der Waals surface area contributed by atoms with E-state index in [-0.39, 0.29) is 5.54 Å². The minimum absolute atomic E-state index is 0.0915. The molecule has 3 nitrogen and oxygen atoms in total. The summed E-state index contributed by atoms with van der Waals surface area (Å²) in [5.74, 6) is 0.828. The Kier molecular flexibility index (Phi) is 4.35. The van der Waals surface area contributed by atoms with Crippen LogP contribution < -0.4 is 10.2 Å². The van der Waals surface area contributed by atoms with Crippen LogP contribution in [0.2, 0.25) is 0 Å². The highest BCUT2D eigenvalue weighted by atomic mass is 15.1. The summed E-state index contributed by atoms with van der Waals surface area (Å²) in [6.45, 7) is 8.31. The predicted molar refractivity (Wildman–Crippen MR) is 83.7 cm³/mol. The largest absolute Gasteiger partial charge is 0.373 e. The summed E-state index contributed by atoms with van der Waals surface area (Å²) >= 11 is 0. The number of nitriles is 1. The Morgan fingerprint density at radius 1 is 1.35 bits per heavy atom. The van der Waals surface area contributed by atoms with Gasteiger partial charge >= 0.3 is 0 Å². The van der Waals surface area contributed by atoms with Crippen LogP contribution >= 0.6 is 0 Å². The number of nitrogens with one attached hydrogen (secondary N) is 1. The van der Waals surface area contributed by atoms with Crippen LogP contribution in [0.4, 0.5) is 5.69 Å². The zero-order valence-electron chi connectivity index (χ0n) is 13.0. The number of nitrogens with zero attached hydrogens (tertiary/aromatic N) is 2. The molecule has 0 aromatic heterocycles. The van der Waals surface area contributed by atoms with Gasteiger partial charge in [0, 0.05) is 25.7 Å². The highest BCUT2D eigenvalue weighted by Crippen LogP contribution is 2.31. The molecule has 20 heavy (non-hydrogen) atoms. The Morgan fingerprint density at radius 2 is 2.05 bits per heavy atom. The van der Waals surface area contributed by atoms with Crippen LogP contribution in [-0.4, -0.2) is 19.1 Å². The summed E-state index contributed by atoms with van der Waals surface area (Å²) in [7, 11) is 2.08. The van der Waals surface area contributed by atoms with Crippen molar-refractivity contribution >= 4 is 5.69 Å². The van der Waals surface area contributed by atoms with Gasteiger partial charge in [-0.2, -0.15) is 5.26 Å². The molecule has 2 rings (SSSR count). The van der Waals surface area contributed by atoms with E-state index in [1.807, 2.05) is 6.07 Å². The summed E-state index contributed by atoms with van der Waals surface area (Å²) in [4.78, 5) is 2.22. The molecule has 0 bridgehead atoms. The Bertz CT molecular complexity index is 504. The van der Waals surface area contributed by atoms with E-state index in [0.29, 0.717) is 0 Å². The number of benzene rings is 1. The lowest BCUT2D eigenvalue weighted by Crippen LogP contribution is -2.35. The normalized spacial score (nSPS) is 14.9. The van der Waals surface area contributed by atoms with Crippen LogP contribution in [0.1, 0.15) is 44.7 Å². The fraction of sp³-hybridized carbons (Fsp3) is 0.588. The van der Waals surface area contributed by atoms with Crippen molar-refractivity contribution in [2.45, 2.75) is 45.7 Å². The van der Waals surface area contributed by atoms with E-state index in [4.69, 9.17) is 0 Å². The zero-order valence-corrected chi connectivity index (χ0v) is 13.0. The molecule has 1 fully saturated rings. The van der Waals surface area contributed by atoms with Gasteiger partial charge in [-0.15, -0.1) is 0 Å². The smallest absolute Gasteiger partial charge is 0.101 e. The second-order valence-electron chi connectivity index (χ2n) is 6.89. The maximum atomic E-state index is 9.37. The number of hydrogen-bond donors (Lipinski definition) is 1. The fourth-order valence-electron chi connectivity index (χ4n) is 2.27. The van der Waals surface area contributed by atoms with E-state index >= 15 is 0 Å². The van der Waals surface area contributed by atoms with Gasteiger partial charge in [0.2, 0.25) is 0 Å². The summed E-state index contributed by atoms with van der Waals surface area (Å²) < 4.78 is 0. The van der Waals surface area contributed by atoms with E-state index in [0.717, 1.165) is 30.3 Å². The molecule has 1 aliphatic rings. The minimum atomic E-state index is 0.0915. The lowest BCUT2D eigenvalue weighted by Gasteiger charge is -2.23. The lowest BCUT2D eigenvalue weighted by molar-refractivity contribution is 0.424. The lowest BCUT2D eigenvalue weighted by atomic mass is 10.1. The second-order valence-corrected chi connectivity index (χ2v) is 6.89. The van der Waals surface area contributed by atoms with Crippen LogP contribution in [0.5, 0.6) is 0 Å². The molecular weight excluding hydrogens is 246 g/mol. The van der Waals surface area contributed by atoms with Crippen molar-refractivity contribution in [1.29, 1.82) is 5.26 Å². The number of hydrogen-bond acceptors (Lipinski definition) is 3. The van der Waals surface area contributed by atoms with E-state index in [2.05, 4.69) is 56.2 Å². The fourth-order valence-corrected chi connectivity index (χ4v) is 2.27. The third kappa shape index (κ3) is 4.25. The van der Waals surface area contributed by atoms with Gasteiger partial charge in [-0.25, -0.2) is 0 Å². The van der Waals surface area contributed by atoms with Crippen molar-refractivity contribution in [2.24, 2.45) is 5.92 Å². The topological polar surface area (TPSA) is 39.1 Å². The summed E-state index contributed by atoms with van der Waals surface area (Å²) in [6.07, 6.45) is 2.67. The van der Waals surface area contributed by atoms with Gasteiger partial charge in [0.05, 0.1) is 11.3 Å². The maximum absolute atomic E-state index is 9.37. The van der Waals surface area contributed by atoms with Gasteiger partial charge < -0.3 is 10.2 Å². The highest BCUT2D eigenvalue weighted by Gasteiger charge is 2.23. The van der Waals surface area contributed by atoms with E-state index < -0.39 is 0 Å². The van der Waals surface area contributed by atoms with Gasteiger partial charge in [-0.1, -0.05) is 6.07 Å². The van der Waals surface area contributed by atoms with Crippen molar-refractivity contribution in [3.8, 4) is 6.07 Å². The molecule has 0 radical (unpaired) electrons.